The summed E-state index contributed by atoms with van der Waals surface area (Å²) in [4.78, 5) is 11.4. The SMILES string of the molecule is CCO[Si]([O])(CC)CC. The molecule has 0 N–H and O–H groups in total. The Hall–Kier alpha value is 0.137. The highest BCUT2D eigenvalue weighted by Gasteiger charge is 2.30. The summed E-state index contributed by atoms with van der Waals surface area (Å²) in [7, 11) is -2.45. The van der Waals surface area contributed by atoms with E-state index in [1.807, 2.05) is 20.8 Å². The monoisotopic (exact) mass is 147 g/mol. The van der Waals surface area contributed by atoms with Gasteiger partial charge in [-0.3, -0.25) is 4.80 Å². The summed E-state index contributed by atoms with van der Waals surface area (Å²) in [5.41, 5.74) is 0. The molecule has 0 fully saturated rings. The van der Waals surface area contributed by atoms with Crippen molar-refractivity contribution < 1.29 is 9.22 Å². The topological polar surface area (TPSA) is 29.1 Å². The molecular formula is C6H15O2Si. The quantitative estimate of drug-likeness (QED) is 0.559. The third kappa shape index (κ3) is 2.98. The van der Waals surface area contributed by atoms with E-state index >= 15 is 0 Å². The lowest BCUT2D eigenvalue weighted by atomic mass is 10.9. The second-order valence-electron chi connectivity index (χ2n) is 2.05. The first kappa shape index (κ1) is 9.14. The summed E-state index contributed by atoms with van der Waals surface area (Å²) in [6.07, 6.45) is 0. The molecule has 9 heavy (non-hydrogen) atoms. The lowest BCUT2D eigenvalue weighted by Crippen LogP contribution is -2.34. The van der Waals surface area contributed by atoms with Gasteiger partial charge in [0.1, 0.15) is 0 Å². The zero-order valence-electron chi connectivity index (χ0n) is 6.44. The molecule has 0 saturated heterocycles. The summed E-state index contributed by atoms with van der Waals surface area (Å²) in [5, 5.41) is 0. The average Bonchev–Trinajstić information content (AvgIpc) is 1.89. The molecule has 0 heterocycles. The van der Waals surface area contributed by atoms with Gasteiger partial charge >= 0.3 is 8.56 Å². The molecular weight excluding hydrogens is 132 g/mol. The normalized spacial score (nSPS) is 12.0. The molecule has 0 aliphatic rings. The molecule has 2 nitrogen and oxygen atoms in total. The molecule has 0 rings (SSSR count). The van der Waals surface area contributed by atoms with E-state index in [1.54, 1.807) is 0 Å². The van der Waals surface area contributed by atoms with E-state index in [4.69, 9.17) is 4.43 Å². The van der Waals surface area contributed by atoms with Crippen molar-refractivity contribution in [2.75, 3.05) is 6.61 Å². The highest BCUT2D eigenvalue weighted by Crippen LogP contribution is 2.12. The summed E-state index contributed by atoms with van der Waals surface area (Å²) < 4.78 is 5.11. The maximum absolute atomic E-state index is 11.4. The predicted octanol–water partition coefficient (Wildman–Crippen LogP) is 1.94. The van der Waals surface area contributed by atoms with Crippen molar-refractivity contribution in [1.82, 2.24) is 0 Å². The van der Waals surface area contributed by atoms with Crippen LogP contribution in [-0.4, -0.2) is 15.2 Å². The Morgan fingerprint density at radius 3 is 1.78 bits per heavy atom. The summed E-state index contributed by atoms with van der Waals surface area (Å²) in [6.45, 7) is 6.29. The van der Waals surface area contributed by atoms with Gasteiger partial charge in [0.25, 0.3) is 0 Å². The first-order valence-corrected chi connectivity index (χ1v) is 5.76. The van der Waals surface area contributed by atoms with Crippen LogP contribution in [0.1, 0.15) is 20.8 Å². The van der Waals surface area contributed by atoms with E-state index in [9.17, 15) is 4.80 Å². The van der Waals surface area contributed by atoms with Gasteiger partial charge in [-0.05, 0) is 19.0 Å². The number of hydrogen-bond acceptors (Lipinski definition) is 1. The molecule has 0 aromatic heterocycles. The molecule has 1 radical (unpaired) electrons. The molecule has 3 heteroatoms. The number of rotatable bonds is 4. The van der Waals surface area contributed by atoms with Crippen molar-refractivity contribution in [2.45, 2.75) is 32.9 Å². The van der Waals surface area contributed by atoms with E-state index in [2.05, 4.69) is 0 Å². The van der Waals surface area contributed by atoms with E-state index < -0.39 is 8.56 Å². The molecule has 0 spiro atoms. The van der Waals surface area contributed by atoms with Crippen molar-refractivity contribution >= 4 is 8.56 Å². The Morgan fingerprint density at radius 1 is 1.22 bits per heavy atom. The summed E-state index contributed by atoms with van der Waals surface area (Å²) >= 11 is 0. The molecule has 0 aromatic carbocycles. The molecule has 55 valence electrons. The van der Waals surface area contributed by atoms with Gasteiger partial charge in [0, 0.05) is 6.61 Å². The Kier molecular flexibility index (Phi) is 4.09. The molecule has 0 unspecified atom stereocenters. The summed E-state index contributed by atoms with van der Waals surface area (Å²) in [5.74, 6) is 0. The molecule has 0 aromatic rings. The minimum atomic E-state index is -2.45. The van der Waals surface area contributed by atoms with Crippen LogP contribution in [0.15, 0.2) is 0 Å². The zero-order valence-corrected chi connectivity index (χ0v) is 7.44. The van der Waals surface area contributed by atoms with Crippen molar-refractivity contribution in [2.24, 2.45) is 0 Å². The predicted molar refractivity (Wildman–Crippen MR) is 39.0 cm³/mol. The van der Waals surface area contributed by atoms with Crippen molar-refractivity contribution in [3.8, 4) is 0 Å². The van der Waals surface area contributed by atoms with Crippen LogP contribution < -0.4 is 0 Å². The molecule has 0 atom stereocenters. The van der Waals surface area contributed by atoms with Crippen LogP contribution in [0.4, 0.5) is 0 Å². The first-order valence-electron chi connectivity index (χ1n) is 3.53. The van der Waals surface area contributed by atoms with Gasteiger partial charge in [0.15, 0.2) is 0 Å². The minimum Gasteiger partial charge on any atom is -0.393 e. The zero-order chi connectivity index (χ0) is 7.33. The van der Waals surface area contributed by atoms with Gasteiger partial charge < -0.3 is 4.43 Å². The van der Waals surface area contributed by atoms with Crippen LogP contribution >= 0.6 is 0 Å². The number of hydrogen-bond donors (Lipinski definition) is 0. The van der Waals surface area contributed by atoms with Crippen LogP contribution in [0.3, 0.4) is 0 Å². The van der Waals surface area contributed by atoms with E-state index in [0.717, 1.165) is 0 Å². The van der Waals surface area contributed by atoms with Crippen LogP contribution in [0.25, 0.3) is 0 Å². The van der Waals surface area contributed by atoms with E-state index in [0.29, 0.717) is 18.7 Å². The third-order valence-corrected chi connectivity index (χ3v) is 4.45. The molecule has 0 aliphatic heterocycles. The molecule has 0 amide bonds. The third-order valence-electron chi connectivity index (χ3n) is 1.48. The van der Waals surface area contributed by atoms with Gasteiger partial charge in [-0.2, -0.15) is 0 Å². The van der Waals surface area contributed by atoms with Crippen molar-refractivity contribution in [3.05, 3.63) is 0 Å². The van der Waals surface area contributed by atoms with Crippen LogP contribution in [0, 0.1) is 0 Å². The lowest BCUT2D eigenvalue weighted by molar-refractivity contribution is 0.209. The van der Waals surface area contributed by atoms with E-state index in [1.165, 1.54) is 0 Å². The maximum Gasteiger partial charge on any atom is 0.373 e. The minimum absolute atomic E-state index is 0.581. The van der Waals surface area contributed by atoms with Gasteiger partial charge in [-0.15, -0.1) is 0 Å². The Bertz CT molecular complexity index is 71.5. The van der Waals surface area contributed by atoms with Gasteiger partial charge in [0.2, 0.25) is 0 Å². The van der Waals surface area contributed by atoms with Crippen LogP contribution in [-0.2, 0) is 9.22 Å². The van der Waals surface area contributed by atoms with Crippen LogP contribution in [0.5, 0.6) is 0 Å². The lowest BCUT2D eigenvalue weighted by Gasteiger charge is -2.17. The molecule has 0 bridgehead atoms. The maximum atomic E-state index is 11.4. The van der Waals surface area contributed by atoms with Gasteiger partial charge in [0.05, 0.1) is 0 Å². The van der Waals surface area contributed by atoms with Crippen molar-refractivity contribution in [1.29, 1.82) is 0 Å². The second-order valence-corrected chi connectivity index (χ2v) is 5.58. The van der Waals surface area contributed by atoms with E-state index in [-0.39, 0.29) is 0 Å². The Morgan fingerprint density at radius 2 is 1.67 bits per heavy atom. The molecule has 0 aliphatic carbocycles. The Labute approximate surface area is 58.1 Å². The fourth-order valence-electron chi connectivity index (χ4n) is 0.717. The highest BCUT2D eigenvalue weighted by atomic mass is 28.4. The smallest absolute Gasteiger partial charge is 0.373 e. The fourth-order valence-corrected chi connectivity index (χ4v) is 2.15. The Balaban J connectivity index is 3.62. The second kappa shape index (κ2) is 4.03. The van der Waals surface area contributed by atoms with Gasteiger partial charge in [-0.25, -0.2) is 0 Å². The van der Waals surface area contributed by atoms with Gasteiger partial charge in [-0.1, -0.05) is 13.8 Å². The first-order chi connectivity index (χ1) is 4.18. The largest absolute Gasteiger partial charge is 0.393 e. The average molecular weight is 147 g/mol. The summed E-state index contributed by atoms with van der Waals surface area (Å²) in [6, 6.07) is 1.38. The highest BCUT2D eigenvalue weighted by molar-refractivity contribution is 6.65. The van der Waals surface area contributed by atoms with Crippen molar-refractivity contribution in [3.63, 3.8) is 0 Å². The van der Waals surface area contributed by atoms with Crippen LogP contribution in [0.2, 0.25) is 12.1 Å². The standard InChI is InChI=1S/C6H15O2Si/c1-4-8-9(7,5-2)6-3/h4-6H2,1-3H3. The molecule has 0 saturated carbocycles. The fraction of sp³-hybridized carbons (Fsp3) is 1.00.